The molecule has 2 aromatic heterocycles. The van der Waals surface area contributed by atoms with Crippen LogP contribution in [-0.4, -0.2) is 21.0 Å². The summed E-state index contributed by atoms with van der Waals surface area (Å²) in [4.78, 5) is 17.9. The molecule has 98 valence electrons. The SMILES string of the molecule is NC(=O)c1cccnc1.NC(=S)Nc1cccnc1. The van der Waals surface area contributed by atoms with Crippen LogP contribution < -0.4 is 16.8 Å². The Morgan fingerprint density at radius 1 is 1.11 bits per heavy atom. The summed E-state index contributed by atoms with van der Waals surface area (Å²) in [5.74, 6) is -0.442. The lowest BCUT2D eigenvalue weighted by Crippen LogP contribution is -2.18. The van der Waals surface area contributed by atoms with E-state index in [1.165, 1.54) is 6.20 Å². The highest BCUT2D eigenvalue weighted by Crippen LogP contribution is 2.00. The molecular formula is C12H13N5OS. The number of carbonyl (C=O) groups is 1. The molecule has 1 amide bonds. The first-order valence-electron chi connectivity index (χ1n) is 5.26. The van der Waals surface area contributed by atoms with Gasteiger partial charge in [-0.15, -0.1) is 0 Å². The van der Waals surface area contributed by atoms with E-state index in [1.54, 1.807) is 36.8 Å². The number of anilines is 1. The molecule has 0 aromatic carbocycles. The second-order valence-corrected chi connectivity index (χ2v) is 3.78. The standard InChI is InChI=1S/C6H7N3S.C6H6N2O/c7-6(10)9-5-2-1-3-8-4-5;7-6(9)5-2-1-3-8-4-5/h1-4H,(H3,7,9,10);1-4H,(H2,7,9). The summed E-state index contributed by atoms with van der Waals surface area (Å²) in [6.45, 7) is 0. The first-order chi connectivity index (χ1) is 9.09. The number of pyridine rings is 2. The van der Waals surface area contributed by atoms with Crippen molar-refractivity contribution < 1.29 is 4.79 Å². The molecule has 19 heavy (non-hydrogen) atoms. The van der Waals surface area contributed by atoms with Crippen molar-refractivity contribution in [1.82, 2.24) is 9.97 Å². The Morgan fingerprint density at radius 2 is 1.74 bits per heavy atom. The first kappa shape index (κ1) is 14.5. The largest absolute Gasteiger partial charge is 0.376 e. The van der Waals surface area contributed by atoms with Gasteiger partial charge in [-0.05, 0) is 36.5 Å². The first-order valence-corrected chi connectivity index (χ1v) is 5.66. The minimum atomic E-state index is -0.442. The summed E-state index contributed by atoms with van der Waals surface area (Å²) in [7, 11) is 0. The van der Waals surface area contributed by atoms with Crippen LogP contribution in [0.3, 0.4) is 0 Å². The fourth-order valence-electron chi connectivity index (χ4n) is 1.09. The molecule has 0 saturated carbocycles. The van der Waals surface area contributed by atoms with E-state index in [2.05, 4.69) is 27.5 Å². The lowest BCUT2D eigenvalue weighted by molar-refractivity contribution is 0.1000. The van der Waals surface area contributed by atoms with E-state index in [1.807, 2.05) is 6.07 Å². The van der Waals surface area contributed by atoms with E-state index in [9.17, 15) is 4.79 Å². The third-order valence-electron chi connectivity index (χ3n) is 1.88. The number of primary amides is 1. The summed E-state index contributed by atoms with van der Waals surface area (Å²) < 4.78 is 0. The smallest absolute Gasteiger partial charge is 0.250 e. The van der Waals surface area contributed by atoms with Crippen LogP contribution in [0.1, 0.15) is 10.4 Å². The number of rotatable bonds is 2. The molecule has 7 heteroatoms. The Morgan fingerprint density at radius 3 is 2.11 bits per heavy atom. The van der Waals surface area contributed by atoms with Gasteiger partial charge in [-0.2, -0.15) is 0 Å². The van der Waals surface area contributed by atoms with E-state index in [0.29, 0.717) is 5.56 Å². The van der Waals surface area contributed by atoms with Crippen LogP contribution in [-0.2, 0) is 0 Å². The minimum Gasteiger partial charge on any atom is -0.376 e. The van der Waals surface area contributed by atoms with Gasteiger partial charge < -0.3 is 16.8 Å². The van der Waals surface area contributed by atoms with Gasteiger partial charge in [0, 0.05) is 18.6 Å². The number of nitrogens with two attached hydrogens (primary N) is 2. The maximum absolute atomic E-state index is 10.4. The Balaban J connectivity index is 0.000000191. The number of carbonyl (C=O) groups excluding carboxylic acids is 1. The number of aromatic nitrogens is 2. The van der Waals surface area contributed by atoms with Crippen LogP contribution in [0.25, 0.3) is 0 Å². The van der Waals surface area contributed by atoms with Gasteiger partial charge in [0.2, 0.25) is 5.91 Å². The van der Waals surface area contributed by atoms with Crippen LogP contribution in [0.2, 0.25) is 0 Å². The fourth-order valence-corrected chi connectivity index (χ4v) is 1.21. The molecule has 0 atom stereocenters. The van der Waals surface area contributed by atoms with E-state index in [4.69, 9.17) is 11.5 Å². The van der Waals surface area contributed by atoms with Gasteiger partial charge in [-0.1, -0.05) is 0 Å². The molecule has 0 aliphatic carbocycles. The number of nitrogens with one attached hydrogen (secondary N) is 1. The molecule has 0 spiro atoms. The highest BCUT2D eigenvalue weighted by Gasteiger charge is 1.94. The quantitative estimate of drug-likeness (QED) is 0.703. The Kier molecular flexibility index (Phi) is 5.90. The van der Waals surface area contributed by atoms with Crippen LogP contribution in [0.4, 0.5) is 5.69 Å². The molecule has 0 bridgehead atoms. The van der Waals surface area contributed by atoms with E-state index in [-0.39, 0.29) is 5.11 Å². The summed E-state index contributed by atoms with van der Waals surface area (Å²) >= 11 is 4.62. The predicted octanol–water partition coefficient (Wildman–Crippen LogP) is 0.918. The summed E-state index contributed by atoms with van der Waals surface area (Å²) in [5.41, 5.74) is 11.4. The topological polar surface area (TPSA) is 107 Å². The van der Waals surface area contributed by atoms with E-state index >= 15 is 0 Å². The monoisotopic (exact) mass is 275 g/mol. The lowest BCUT2D eigenvalue weighted by Gasteiger charge is -1.99. The van der Waals surface area contributed by atoms with Crippen molar-refractivity contribution in [1.29, 1.82) is 0 Å². The van der Waals surface area contributed by atoms with Crippen LogP contribution in [0.15, 0.2) is 49.1 Å². The van der Waals surface area contributed by atoms with Gasteiger partial charge in [0.05, 0.1) is 17.4 Å². The van der Waals surface area contributed by atoms with E-state index < -0.39 is 5.91 Å². The highest BCUT2D eigenvalue weighted by molar-refractivity contribution is 7.80. The Hall–Kier alpha value is -2.54. The van der Waals surface area contributed by atoms with Crippen molar-refractivity contribution in [3.8, 4) is 0 Å². The molecular weight excluding hydrogens is 262 g/mol. The molecule has 2 rings (SSSR count). The highest BCUT2D eigenvalue weighted by atomic mass is 32.1. The maximum Gasteiger partial charge on any atom is 0.250 e. The summed E-state index contributed by atoms with van der Waals surface area (Å²) in [6, 6.07) is 6.93. The Labute approximate surface area is 115 Å². The van der Waals surface area contributed by atoms with E-state index in [0.717, 1.165) is 5.69 Å². The van der Waals surface area contributed by atoms with Gasteiger partial charge in [0.1, 0.15) is 0 Å². The molecule has 0 radical (unpaired) electrons. The number of amides is 1. The normalized spacial score (nSPS) is 8.84. The summed E-state index contributed by atoms with van der Waals surface area (Å²) in [5, 5.41) is 3.01. The number of thiocarbonyl (C=S) groups is 1. The van der Waals surface area contributed by atoms with Gasteiger partial charge in [-0.25, -0.2) is 0 Å². The second kappa shape index (κ2) is 7.72. The summed E-state index contributed by atoms with van der Waals surface area (Å²) in [6.07, 6.45) is 6.36. The zero-order valence-electron chi connectivity index (χ0n) is 9.98. The molecule has 2 aromatic rings. The van der Waals surface area contributed by atoms with Crippen LogP contribution >= 0.6 is 12.2 Å². The van der Waals surface area contributed by atoms with Gasteiger partial charge in [0.25, 0.3) is 0 Å². The van der Waals surface area contributed by atoms with Crippen molar-refractivity contribution in [3.63, 3.8) is 0 Å². The molecule has 6 nitrogen and oxygen atoms in total. The lowest BCUT2D eigenvalue weighted by atomic mass is 10.3. The van der Waals surface area contributed by atoms with Gasteiger partial charge in [-0.3, -0.25) is 14.8 Å². The number of hydrogen-bond donors (Lipinski definition) is 3. The van der Waals surface area contributed by atoms with Crippen LogP contribution in [0, 0.1) is 0 Å². The maximum atomic E-state index is 10.4. The van der Waals surface area contributed by atoms with Gasteiger partial charge >= 0.3 is 0 Å². The van der Waals surface area contributed by atoms with Gasteiger partial charge in [0.15, 0.2) is 5.11 Å². The average molecular weight is 275 g/mol. The fraction of sp³-hybridized carbons (Fsp3) is 0. The zero-order valence-corrected chi connectivity index (χ0v) is 10.8. The third-order valence-corrected chi connectivity index (χ3v) is 1.98. The molecule has 0 aliphatic rings. The van der Waals surface area contributed by atoms with Crippen molar-refractivity contribution in [2.45, 2.75) is 0 Å². The predicted molar refractivity (Wildman–Crippen MR) is 77.4 cm³/mol. The minimum absolute atomic E-state index is 0.257. The second-order valence-electron chi connectivity index (χ2n) is 3.34. The molecule has 5 N–H and O–H groups in total. The molecule has 0 saturated heterocycles. The van der Waals surface area contributed by atoms with Crippen molar-refractivity contribution in [2.24, 2.45) is 11.5 Å². The van der Waals surface area contributed by atoms with Crippen molar-refractivity contribution in [3.05, 3.63) is 54.6 Å². The Bertz CT molecular complexity index is 532. The molecule has 0 fully saturated rings. The van der Waals surface area contributed by atoms with Crippen molar-refractivity contribution >= 4 is 28.9 Å². The number of hydrogen-bond acceptors (Lipinski definition) is 4. The molecule has 0 unspecified atom stereocenters. The number of nitrogens with zero attached hydrogens (tertiary/aromatic N) is 2. The third kappa shape index (κ3) is 6.08. The zero-order chi connectivity index (χ0) is 14.1. The molecule has 0 aliphatic heterocycles. The molecule has 2 heterocycles. The average Bonchev–Trinajstić information content (AvgIpc) is 2.41. The van der Waals surface area contributed by atoms with Crippen molar-refractivity contribution in [2.75, 3.05) is 5.32 Å². The van der Waals surface area contributed by atoms with Crippen LogP contribution in [0.5, 0.6) is 0 Å².